The van der Waals surface area contributed by atoms with Crippen LogP contribution in [0.25, 0.3) is 0 Å². The first-order valence-electron chi connectivity index (χ1n) is 9.26. The van der Waals surface area contributed by atoms with Crippen LogP contribution in [-0.2, 0) is 4.79 Å². The Morgan fingerprint density at radius 1 is 0.793 bits per heavy atom. The van der Waals surface area contributed by atoms with E-state index in [-0.39, 0.29) is 0 Å². The van der Waals surface area contributed by atoms with Gasteiger partial charge in [0, 0.05) is 0 Å². The number of benzene rings is 3. The van der Waals surface area contributed by atoms with Crippen LogP contribution < -0.4 is 21.2 Å². The van der Waals surface area contributed by atoms with Crippen molar-refractivity contribution in [3.8, 4) is 0 Å². The molecule has 29 heavy (non-hydrogen) atoms. The van der Waals surface area contributed by atoms with Gasteiger partial charge in [-0.05, 0) is 43.3 Å². The predicted molar refractivity (Wildman–Crippen MR) is 114 cm³/mol. The van der Waals surface area contributed by atoms with Gasteiger partial charge in [0.1, 0.15) is 23.2 Å². The molecule has 0 radical (unpaired) electrons. The van der Waals surface area contributed by atoms with E-state index in [0.717, 1.165) is 15.9 Å². The van der Waals surface area contributed by atoms with E-state index in [2.05, 4.69) is 5.32 Å². The highest BCUT2D eigenvalue weighted by Crippen LogP contribution is 2.55. The van der Waals surface area contributed by atoms with Crippen LogP contribution in [0.3, 0.4) is 0 Å². The standard InChI is InChI=1S/C23H21F3NOP/c1-18(27-22(28)23(24,25)26)17-29(19-11-5-2-6-12-19,20-13-7-3-8-14-20)21-15-9-4-10-16-21/h2-16,18H,17H2,1H3/p+1. The molecule has 0 aliphatic carbocycles. The molecule has 0 bridgehead atoms. The SMILES string of the molecule is CC(C[P+](c1ccccc1)(c1ccccc1)c1ccccc1)NC(=O)C(F)(F)F. The van der Waals surface area contributed by atoms with Gasteiger partial charge in [0.25, 0.3) is 0 Å². The predicted octanol–water partition coefficient (Wildman–Crippen LogP) is 4.05. The van der Waals surface area contributed by atoms with Gasteiger partial charge in [0.2, 0.25) is 0 Å². The van der Waals surface area contributed by atoms with E-state index in [1.54, 1.807) is 6.92 Å². The topological polar surface area (TPSA) is 29.1 Å². The van der Waals surface area contributed by atoms with Crippen molar-refractivity contribution in [3.05, 3.63) is 91.0 Å². The van der Waals surface area contributed by atoms with Crippen LogP contribution in [0.1, 0.15) is 6.92 Å². The van der Waals surface area contributed by atoms with Crippen LogP contribution in [0.5, 0.6) is 0 Å². The Bertz CT molecular complexity index is 834. The third-order valence-corrected chi connectivity index (χ3v) is 9.41. The summed E-state index contributed by atoms with van der Waals surface area (Å²) in [5.74, 6) is -1.91. The van der Waals surface area contributed by atoms with Crippen LogP contribution in [0.15, 0.2) is 91.0 Å². The van der Waals surface area contributed by atoms with Gasteiger partial charge in [-0.15, -0.1) is 0 Å². The van der Waals surface area contributed by atoms with Gasteiger partial charge >= 0.3 is 12.1 Å². The molecule has 0 heterocycles. The Hall–Kier alpha value is -2.65. The fourth-order valence-corrected chi connectivity index (χ4v) is 8.06. The molecule has 1 N–H and O–H groups in total. The molecule has 0 saturated heterocycles. The van der Waals surface area contributed by atoms with E-state index in [4.69, 9.17) is 0 Å². The van der Waals surface area contributed by atoms with Gasteiger partial charge in [0.15, 0.2) is 0 Å². The Morgan fingerprint density at radius 2 is 1.14 bits per heavy atom. The highest BCUT2D eigenvalue weighted by atomic mass is 31.2. The molecule has 3 aromatic carbocycles. The summed E-state index contributed by atoms with van der Waals surface area (Å²) in [6, 6.07) is 28.8. The molecule has 1 atom stereocenters. The quantitative estimate of drug-likeness (QED) is 0.604. The average molecular weight is 416 g/mol. The maximum atomic E-state index is 12.8. The average Bonchev–Trinajstić information content (AvgIpc) is 2.73. The summed E-state index contributed by atoms with van der Waals surface area (Å²) in [4.78, 5) is 11.5. The van der Waals surface area contributed by atoms with Crippen molar-refractivity contribution in [1.29, 1.82) is 0 Å². The number of nitrogens with one attached hydrogen (secondary N) is 1. The van der Waals surface area contributed by atoms with Gasteiger partial charge in [0.05, 0.1) is 12.2 Å². The van der Waals surface area contributed by atoms with Crippen LogP contribution in [0.2, 0.25) is 0 Å². The van der Waals surface area contributed by atoms with Gasteiger partial charge in [-0.25, -0.2) is 0 Å². The van der Waals surface area contributed by atoms with Crippen molar-refractivity contribution in [2.24, 2.45) is 0 Å². The minimum absolute atomic E-state index is 0.382. The smallest absolute Gasteiger partial charge is 0.342 e. The summed E-state index contributed by atoms with van der Waals surface area (Å²) in [5.41, 5.74) is 0. The highest BCUT2D eigenvalue weighted by molar-refractivity contribution is 7.95. The summed E-state index contributed by atoms with van der Waals surface area (Å²) in [6.45, 7) is 1.63. The maximum absolute atomic E-state index is 12.8. The second kappa shape index (κ2) is 8.79. The number of hydrogen-bond acceptors (Lipinski definition) is 1. The van der Waals surface area contributed by atoms with Gasteiger partial charge in [-0.3, -0.25) is 4.79 Å². The summed E-state index contributed by atoms with van der Waals surface area (Å²) in [6.07, 6.45) is -4.52. The molecule has 6 heteroatoms. The molecule has 0 aliphatic rings. The largest absolute Gasteiger partial charge is 0.471 e. The van der Waals surface area contributed by atoms with Crippen molar-refractivity contribution in [2.75, 3.05) is 6.16 Å². The molecule has 0 aliphatic heterocycles. The van der Waals surface area contributed by atoms with Crippen molar-refractivity contribution in [2.45, 2.75) is 19.1 Å². The minimum Gasteiger partial charge on any atom is -0.342 e. The number of hydrogen-bond donors (Lipinski definition) is 1. The van der Waals surface area contributed by atoms with E-state index in [0.29, 0.717) is 6.16 Å². The zero-order valence-electron chi connectivity index (χ0n) is 15.9. The molecule has 3 rings (SSSR count). The lowest BCUT2D eigenvalue weighted by Crippen LogP contribution is -2.46. The Balaban J connectivity index is 2.14. The van der Waals surface area contributed by atoms with E-state index >= 15 is 0 Å². The number of rotatable bonds is 6. The van der Waals surface area contributed by atoms with Crippen LogP contribution in [0.4, 0.5) is 13.2 Å². The molecule has 3 aromatic rings. The third kappa shape index (κ3) is 4.68. The Labute approximate surface area is 169 Å². The lowest BCUT2D eigenvalue weighted by Gasteiger charge is -2.30. The minimum atomic E-state index is -4.90. The lowest BCUT2D eigenvalue weighted by atomic mass is 10.3. The number of alkyl halides is 3. The Kier molecular flexibility index (Phi) is 6.39. The van der Waals surface area contributed by atoms with Crippen molar-refractivity contribution in [3.63, 3.8) is 0 Å². The zero-order chi connectivity index (χ0) is 20.9. The molecular weight excluding hydrogens is 394 g/mol. The second-order valence-electron chi connectivity index (χ2n) is 6.87. The molecule has 2 nitrogen and oxygen atoms in total. The van der Waals surface area contributed by atoms with Gasteiger partial charge < -0.3 is 5.32 Å². The molecule has 1 unspecified atom stereocenters. The van der Waals surface area contributed by atoms with Crippen LogP contribution >= 0.6 is 7.26 Å². The molecule has 0 aromatic heterocycles. The normalized spacial score (nSPS) is 13.0. The van der Waals surface area contributed by atoms with Gasteiger partial charge in [-0.1, -0.05) is 54.6 Å². The molecule has 0 spiro atoms. The van der Waals surface area contributed by atoms with E-state index in [9.17, 15) is 18.0 Å². The van der Waals surface area contributed by atoms with Crippen LogP contribution in [0, 0.1) is 0 Å². The first kappa shape index (κ1) is 21.1. The molecule has 0 saturated carbocycles. The van der Waals surface area contributed by atoms with Crippen molar-refractivity contribution >= 4 is 29.1 Å². The number of carbonyl (C=O) groups excluding carboxylic acids is 1. The zero-order valence-corrected chi connectivity index (χ0v) is 16.8. The van der Waals surface area contributed by atoms with Crippen molar-refractivity contribution < 1.29 is 18.0 Å². The summed E-state index contributed by atoms with van der Waals surface area (Å²) < 4.78 is 38.4. The fourth-order valence-electron chi connectivity index (χ4n) is 3.57. The molecule has 150 valence electrons. The van der Waals surface area contributed by atoms with Crippen molar-refractivity contribution in [1.82, 2.24) is 5.32 Å². The Morgan fingerprint density at radius 3 is 1.45 bits per heavy atom. The first-order valence-corrected chi connectivity index (χ1v) is 11.2. The number of amides is 1. The summed E-state index contributed by atoms with van der Waals surface area (Å²) in [5, 5.41) is 5.33. The summed E-state index contributed by atoms with van der Waals surface area (Å²) >= 11 is 0. The maximum Gasteiger partial charge on any atom is 0.471 e. The second-order valence-corrected chi connectivity index (χ2v) is 10.4. The van der Waals surface area contributed by atoms with E-state index in [1.165, 1.54) is 0 Å². The molecule has 1 amide bonds. The van der Waals surface area contributed by atoms with Crippen LogP contribution in [-0.4, -0.2) is 24.3 Å². The molecule has 0 fully saturated rings. The summed E-state index contributed by atoms with van der Waals surface area (Å²) in [7, 11) is -2.30. The highest BCUT2D eigenvalue weighted by Gasteiger charge is 2.47. The van der Waals surface area contributed by atoms with E-state index in [1.807, 2.05) is 91.0 Å². The van der Waals surface area contributed by atoms with E-state index < -0.39 is 25.4 Å². The monoisotopic (exact) mass is 416 g/mol. The number of carbonyl (C=O) groups is 1. The third-order valence-electron chi connectivity index (χ3n) is 4.77. The molecular formula is C23H22F3NOP+. The van der Waals surface area contributed by atoms with Gasteiger partial charge in [-0.2, -0.15) is 13.2 Å². The first-order chi connectivity index (χ1) is 13.8. The lowest BCUT2D eigenvalue weighted by molar-refractivity contribution is -0.174. The number of halogens is 3. The fraction of sp³-hybridized carbons (Fsp3) is 0.174.